The van der Waals surface area contributed by atoms with Crippen LogP contribution in [-0.4, -0.2) is 32.5 Å². The van der Waals surface area contributed by atoms with E-state index in [0.717, 1.165) is 0 Å². The van der Waals surface area contributed by atoms with Crippen LogP contribution in [-0.2, 0) is 9.53 Å². The van der Waals surface area contributed by atoms with Gasteiger partial charge in [0.25, 0.3) is 11.6 Å². The van der Waals surface area contributed by atoms with Crippen molar-refractivity contribution in [3.63, 3.8) is 0 Å². The van der Waals surface area contributed by atoms with Crippen molar-refractivity contribution in [2.75, 3.05) is 5.32 Å². The number of amides is 1. The Morgan fingerprint density at radius 2 is 1.82 bits per heavy atom. The zero-order valence-electron chi connectivity index (χ0n) is 14.8. The minimum absolute atomic E-state index is 0.0229. The van der Waals surface area contributed by atoms with E-state index in [0.29, 0.717) is 5.69 Å². The van der Waals surface area contributed by atoms with Crippen molar-refractivity contribution in [2.45, 2.75) is 13.0 Å². The first-order chi connectivity index (χ1) is 13.5. The second-order valence-electron chi connectivity index (χ2n) is 5.80. The van der Waals surface area contributed by atoms with Crippen LogP contribution in [0.1, 0.15) is 17.4 Å². The number of aromatic nitrogens is 2. The number of hydrogen-bond acceptors (Lipinski definition) is 6. The van der Waals surface area contributed by atoms with Crippen LogP contribution in [0, 0.1) is 10.1 Å². The average Bonchev–Trinajstić information content (AvgIpc) is 3.19. The molecule has 2 aromatic carbocycles. The summed E-state index contributed by atoms with van der Waals surface area (Å²) in [7, 11) is 0. The lowest BCUT2D eigenvalue weighted by molar-refractivity contribution is -0.383. The molecule has 0 aliphatic heterocycles. The SMILES string of the molecule is C[C@@H](OC(=O)c1cncn1-c1ccccc1)C(=O)Nc1ccccc1[N+](=O)[O-]. The number of benzene rings is 2. The summed E-state index contributed by atoms with van der Waals surface area (Å²) in [6, 6.07) is 14.8. The number of anilines is 1. The largest absolute Gasteiger partial charge is 0.448 e. The van der Waals surface area contributed by atoms with Gasteiger partial charge in [-0.05, 0) is 25.1 Å². The van der Waals surface area contributed by atoms with Gasteiger partial charge in [0.15, 0.2) is 11.8 Å². The van der Waals surface area contributed by atoms with Crippen LogP contribution in [0.4, 0.5) is 11.4 Å². The van der Waals surface area contributed by atoms with Crippen LogP contribution in [0.5, 0.6) is 0 Å². The number of nitro benzene ring substituents is 1. The zero-order chi connectivity index (χ0) is 20.1. The van der Waals surface area contributed by atoms with Crippen molar-refractivity contribution < 1.29 is 19.2 Å². The molecule has 0 spiro atoms. The Morgan fingerprint density at radius 3 is 2.54 bits per heavy atom. The molecule has 28 heavy (non-hydrogen) atoms. The monoisotopic (exact) mass is 380 g/mol. The molecule has 3 rings (SSSR count). The van der Waals surface area contributed by atoms with E-state index in [1.807, 2.05) is 18.2 Å². The number of para-hydroxylation sites is 3. The van der Waals surface area contributed by atoms with Crippen LogP contribution in [0.3, 0.4) is 0 Å². The number of esters is 1. The van der Waals surface area contributed by atoms with Crippen molar-refractivity contribution in [1.29, 1.82) is 0 Å². The number of carbonyl (C=O) groups excluding carboxylic acids is 2. The summed E-state index contributed by atoms with van der Waals surface area (Å²) < 4.78 is 6.75. The molecule has 1 heterocycles. The predicted octanol–water partition coefficient (Wildman–Crippen LogP) is 2.96. The molecule has 0 radical (unpaired) electrons. The lowest BCUT2D eigenvalue weighted by Crippen LogP contribution is -2.30. The van der Waals surface area contributed by atoms with E-state index in [9.17, 15) is 19.7 Å². The molecule has 142 valence electrons. The number of rotatable bonds is 6. The molecule has 9 nitrogen and oxygen atoms in total. The molecule has 9 heteroatoms. The lowest BCUT2D eigenvalue weighted by Gasteiger charge is -2.14. The molecule has 1 N–H and O–H groups in total. The molecule has 0 bridgehead atoms. The third-order valence-electron chi connectivity index (χ3n) is 3.89. The Bertz CT molecular complexity index is 1020. The smallest absolute Gasteiger partial charge is 0.357 e. The van der Waals surface area contributed by atoms with Crippen molar-refractivity contribution >= 4 is 23.3 Å². The number of imidazole rings is 1. The van der Waals surface area contributed by atoms with E-state index in [2.05, 4.69) is 10.3 Å². The fourth-order valence-electron chi connectivity index (χ4n) is 2.49. The van der Waals surface area contributed by atoms with Gasteiger partial charge in [0.2, 0.25) is 0 Å². The van der Waals surface area contributed by atoms with Gasteiger partial charge in [-0.25, -0.2) is 9.78 Å². The van der Waals surface area contributed by atoms with E-state index >= 15 is 0 Å². The van der Waals surface area contributed by atoms with Gasteiger partial charge in [0.05, 0.1) is 17.4 Å². The molecular weight excluding hydrogens is 364 g/mol. The maximum Gasteiger partial charge on any atom is 0.357 e. The first-order valence-electron chi connectivity index (χ1n) is 8.30. The molecule has 0 saturated heterocycles. The van der Waals surface area contributed by atoms with Gasteiger partial charge in [-0.2, -0.15) is 0 Å². The molecule has 0 saturated carbocycles. The highest BCUT2D eigenvalue weighted by Crippen LogP contribution is 2.23. The maximum atomic E-state index is 12.5. The molecule has 1 amide bonds. The van der Waals surface area contributed by atoms with Crippen molar-refractivity contribution in [3.05, 3.63) is 82.9 Å². The molecule has 0 unspecified atom stereocenters. The fraction of sp³-hybridized carbons (Fsp3) is 0.105. The average molecular weight is 380 g/mol. The maximum absolute atomic E-state index is 12.5. The summed E-state index contributed by atoms with van der Waals surface area (Å²) in [6.07, 6.45) is 1.62. The number of hydrogen-bond donors (Lipinski definition) is 1. The molecule has 1 aromatic heterocycles. The van der Waals surface area contributed by atoms with Gasteiger partial charge >= 0.3 is 5.97 Å². The second-order valence-corrected chi connectivity index (χ2v) is 5.80. The topological polar surface area (TPSA) is 116 Å². The highest BCUT2D eigenvalue weighted by atomic mass is 16.6. The molecular formula is C19H16N4O5. The minimum atomic E-state index is -1.17. The van der Waals surface area contributed by atoms with Crippen molar-refractivity contribution in [1.82, 2.24) is 9.55 Å². The third-order valence-corrected chi connectivity index (χ3v) is 3.89. The van der Waals surface area contributed by atoms with E-state index in [-0.39, 0.29) is 17.1 Å². The summed E-state index contributed by atoms with van der Waals surface area (Å²) in [4.78, 5) is 39.2. The Morgan fingerprint density at radius 1 is 1.14 bits per heavy atom. The van der Waals surface area contributed by atoms with Crippen molar-refractivity contribution in [3.8, 4) is 5.69 Å². The number of nitrogens with zero attached hydrogens (tertiary/aromatic N) is 3. The molecule has 0 aliphatic rings. The van der Waals surface area contributed by atoms with Gasteiger partial charge in [-0.15, -0.1) is 0 Å². The summed E-state index contributed by atoms with van der Waals surface area (Å²) in [5, 5.41) is 13.4. The van der Waals surface area contributed by atoms with Gasteiger partial charge in [0.1, 0.15) is 5.69 Å². The Balaban J connectivity index is 1.71. The fourth-order valence-corrected chi connectivity index (χ4v) is 2.49. The number of nitrogens with one attached hydrogen (secondary N) is 1. The minimum Gasteiger partial charge on any atom is -0.448 e. The Kier molecular flexibility index (Phi) is 5.45. The van der Waals surface area contributed by atoms with E-state index < -0.39 is 22.9 Å². The van der Waals surface area contributed by atoms with E-state index in [4.69, 9.17) is 4.74 Å². The van der Waals surface area contributed by atoms with Gasteiger partial charge in [-0.3, -0.25) is 19.5 Å². The first-order valence-corrected chi connectivity index (χ1v) is 8.30. The normalized spacial score (nSPS) is 11.5. The number of carbonyl (C=O) groups is 2. The van der Waals surface area contributed by atoms with Gasteiger partial charge in [0, 0.05) is 11.8 Å². The first kappa shape index (κ1) is 18.8. The van der Waals surface area contributed by atoms with Crippen molar-refractivity contribution in [2.24, 2.45) is 0 Å². The predicted molar refractivity (Wildman–Crippen MR) is 100 cm³/mol. The summed E-state index contributed by atoms with van der Waals surface area (Å²) in [5.74, 6) is -1.43. The molecule has 0 fully saturated rings. The van der Waals surface area contributed by atoms with E-state index in [1.54, 1.807) is 18.2 Å². The highest BCUT2D eigenvalue weighted by Gasteiger charge is 2.24. The van der Waals surface area contributed by atoms with Gasteiger partial charge in [-0.1, -0.05) is 30.3 Å². The molecule has 3 aromatic rings. The van der Waals surface area contributed by atoms with Crippen LogP contribution >= 0.6 is 0 Å². The van der Waals surface area contributed by atoms with Gasteiger partial charge < -0.3 is 10.1 Å². The number of nitro groups is 1. The summed E-state index contributed by atoms with van der Waals surface area (Å²) in [5.41, 5.74) is 0.631. The second kappa shape index (κ2) is 8.12. The molecule has 0 aliphatic carbocycles. The van der Waals surface area contributed by atoms with E-state index in [1.165, 1.54) is 42.2 Å². The summed E-state index contributed by atoms with van der Waals surface area (Å²) in [6.45, 7) is 1.38. The van der Waals surface area contributed by atoms with Crippen LogP contribution in [0.25, 0.3) is 5.69 Å². The lowest BCUT2D eigenvalue weighted by atomic mass is 10.2. The number of ether oxygens (including phenoxy) is 1. The third kappa shape index (κ3) is 4.04. The van der Waals surface area contributed by atoms with Crippen LogP contribution in [0.2, 0.25) is 0 Å². The zero-order valence-corrected chi connectivity index (χ0v) is 14.8. The summed E-state index contributed by atoms with van der Waals surface area (Å²) >= 11 is 0. The Labute approximate surface area is 159 Å². The Hall–Kier alpha value is -4.01. The quantitative estimate of drug-likeness (QED) is 0.399. The standard InChI is InChI=1S/C19H16N4O5/c1-13(18(24)21-15-9-5-6-10-16(15)23(26)27)28-19(25)17-11-20-12-22(17)14-7-3-2-4-8-14/h2-13H,1H3,(H,21,24)/t13-/m1/s1. The highest BCUT2D eigenvalue weighted by molar-refractivity contribution is 5.98. The van der Waals surface area contributed by atoms with Crippen LogP contribution < -0.4 is 5.32 Å². The van der Waals surface area contributed by atoms with Crippen LogP contribution in [0.15, 0.2) is 67.1 Å². The molecule has 1 atom stereocenters.